The first-order valence-corrected chi connectivity index (χ1v) is 12.0. The Kier molecular flexibility index (Phi) is 5.48. The van der Waals surface area contributed by atoms with Gasteiger partial charge in [0.1, 0.15) is 5.75 Å². The highest BCUT2D eigenvalue weighted by Gasteiger charge is 2.32. The maximum Gasteiger partial charge on any atom is 0.381 e. The van der Waals surface area contributed by atoms with Crippen molar-refractivity contribution in [1.82, 2.24) is 14.8 Å². The number of ether oxygens (including phenoxy) is 3. The zero-order chi connectivity index (χ0) is 26.0. The summed E-state index contributed by atoms with van der Waals surface area (Å²) in [5, 5.41) is 5.61. The summed E-state index contributed by atoms with van der Waals surface area (Å²) in [7, 11) is 0. The molecule has 0 amide bonds. The van der Waals surface area contributed by atoms with Gasteiger partial charge in [0.15, 0.2) is 5.65 Å². The number of carbonyl (C=O) groups is 1. The van der Waals surface area contributed by atoms with Gasteiger partial charge in [0.25, 0.3) is 5.95 Å². The SMILES string of the molecule is Cc1cc2c(cc1Oc1ccc(C(=O)Oc3cc(C)c4c(C)nn(C(C)(C)C)c4n3)o1)C(C)(C)OC2. The summed E-state index contributed by atoms with van der Waals surface area (Å²) < 4.78 is 25.0. The van der Waals surface area contributed by atoms with Crippen molar-refractivity contribution in [2.24, 2.45) is 0 Å². The van der Waals surface area contributed by atoms with E-state index in [1.54, 1.807) is 12.1 Å². The molecule has 0 radical (unpaired) electrons. The third kappa shape index (κ3) is 4.15. The van der Waals surface area contributed by atoms with Crippen molar-refractivity contribution in [3.63, 3.8) is 0 Å². The van der Waals surface area contributed by atoms with Crippen LogP contribution in [0.5, 0.6) is 17.6 Å². The molecule has 3 aromatic heterocycles. The molecule has 0 bridgehead atoms. The number of benzene rings is 1. The molecule has 8 nitrogen and oxygen atoms in total. The van der Waals surface area contributed by atoms with E-state index in [2.05, 4.69) is 36.9 Å². The third-order valence-corrected chi connectivity index (χ3v) is 6.45. The second-order valence-electron chi connectivity index (χ2n) is 10.8. The molecule has 4 aromatic rings. The van der Waals surface area contributed by atoms with Gasteiger partial charge in [0, 0.05) is 17.5 Å². The van der Waals surface area contributed by atoms with Gasteiger partial charge in [-0.3, -0.25) is 0 Å². The molecule has 5 rings (SSSR count). The first-order valence-electron chi connectivity index (χ1n) is 12.0. The number of fused-ring (bicyclic) bond motifs is 2. The van der Waals surface area contributed by atoms with Gasteiger partial charge in [-0.05, 0) is 95.8 Å². The molecule has 1 aromatic carbocycles. The maximum absolute atomic E-state index is 12.9. The van der Waals surface area contributed by atoms with Gasteiger partial charge >= 0.3 is 5.97 Å². The summed E-state index contributed by atoms with van der Waals surface area (Å²) in [6.45, 7) is 16.7. The number of esters is 1. The van der Waals surface area contributed by atoms with Gasteiger partial charge in [0.2, 0.25) is 11.6 Å². The largest absolute Gasteiger partial charge is 0.426 e. The van der Waals surface area contributed by atoms with Crippen molar-refractivity contribution in [3.05, 3.63) is 64.0 Å². The first kappa shape index (κ1) is 24.1. The Balaban J connectivity index is 1.38. The minimum atomic E-state index is -0.658. The molecule has 0 N–H and O–H groups in total. The Bertz CT molecular complexity index is 1500. The molecule has 0 atom stereocenters. The summed E-state index contributed by atoms with van der Waals surface area (Å²) >= 11 is 0. The van der Waals surface area contributed by atoms with E-state index in [4.69, 9.17) is 18.6 Å². The third-order valence-electron chi connectivity index (χ3n) is 6.45. The number of aryl methyl sites for hydroxylation is 3. The Morgan fingerprint density at radius 2 is 1.83 bits per heavy atom. The molecular formula is C28H31N3O5. The van der Waals surface area contributed by atoms with Crippen LogP contribution >= 0.6 is 0 Å². The molecule has 0 fully saturated rings. The quantitative estimate of drug-likeness (QED) is 0.303. The molecule has 0 saturated carbocycles. The van der Waals surface area contributed by atoms with Crippen LogP contribution < -0.4 is 9.47 Å². The second-order valence-corrected chi connectivity index (χ2v) is 10.8. The number of rotatable bonds is 4. The molecular weight excluding hydrogens is 458 g/mol. The van der Waals surface area contributed by atoms with Crippen molar-refractivity contribution < 1.29 is 23.4 Å². The van der Waals surface area contributed by atoms with Crippen molar-refractivity contribution in [3.8, 4) is 17.6 Å². The highest BCUT2D eigenvalue weighted by Crippen LogP contribution is 2.40. The monoisotopic (exact) mass is 489 g/mol. The summed E-state index contributed by atoms with van der Waals surface area (Å²) in [5.41, 5.74) is 5.00. The van der Waals surface area contributed by atoms with Crippen LogP contribution in [0.3, 0.4) is 0 Å². The minimum Gasteiger partial charge on any atom is -0.426 e. The summed E-state index contributed by atoms with van der Waals surface area (Å²) in [5.74, 6) is 0.395. The van der Waals surface area contributed by atoms with Gasteiger partial charge in [-0.15, -0.1) is 0 Å². The Morgan fingerprint density at radius 3 is 2.56 bits per heavy atom. The van der Waals surface area contributed by atoms with Crippen LogP contribution in [0.25, 0.3) is 11.0 Å². The highest BCUT2D eigenvalue weighted by atomic mass is 16.6. The molecule has 0 spiro atoms. The zero-order valence-corrected chi connectivity index (χ0v) is 22.0. The van der Waals surface area contributed by atoms with Crippen LogP contribution in [0.4, 0.5) is 0 Å². The lowest BCUT2D eigenvalue weighted by atomic mass is 9.94. The van der Waals surface area contributed by atoms with Crippen LogP contribution in [0, 0.1) is 20.8 Å². The average molecular weight is 490 g/mol. The Hall–Kier alpha value is -3.65. The Labute approximate surface area is 210 Å². The molecule has 1 aliphatic heterocycles. The predicted octanol–water partition coefficient (Wildman–Crippen LogP) is 6.48. The zero-order valence-electron chi connectivity index (χ0n) is 22.0. The van der Waals surface area contributed by atoms with Crippen molar-refractivity contribution >= 4 is 17.0 Å². The van der Waals surface area contributed by atoms with E-state index in [-0.39, 0.29) is 28.7 Å². The fourth-order valence-electron chi connectivity index (χ4n) is 4.61. The van der Waals surface area contributed by atoms with E-state index in [0.29, 0.717) is 18.0 Å². The van der Waals surface area contributed by atoms with E-state index in [1.807, 2.05) is 45.4 Å². The number of pyridine rings is 1. The molecule has 1 aliphatic rings. The lowest BCUT2D eigenvalue weighted by Gasteiger charge is -2.20. The highest BCUT2D eigenvalue weighted by molar-refractivity contribution is 5.89. The molecule has 188 valence electrons. The first-order chi connectivity index (χ1) is 16.8. The standard InChI is InChI=1S/C28H31N3O5/c1-15-11-18-14-33-28(7,8)19(18)13-21(15)35-23-10-9-20(34-23)26(32)36-22-12-16(2)24-17(3)30-31(25(24)29-22)27(4,5)6/h9-13H,14H2,1-8H3. The van der Waals surface area contributed by atoms with Gasteiger partial charge in [0.05, 0.1) is 23.4 Å². The number of hydrogen-bond donors (Lipinski definition) is 0. The van der Waals surface area contributed by atoms with Gasteiger partial charge in [-0.2, -0.15) is 10.1 Å². The lowest BCUT2D eigenvalue weighted by molar-refractivity contribution is -0.00795. The molecule has 4 heterocycles. The van der Waals surface area contributed by atoms with E-state index >= 15 is 0 Å². The normalized spacial score (nSPS) is 14.8. The van der Waals surface area contributed by atoms with Crippen LogP contribution in [0.2, 0.25) is 0 Å². The molecule has 0 aliphatic carbocycles. The maximum atomic E-state index is 12.9. The summed E-state index contributed by atoms with van der Waals surface area (Å²) in [4.78, 5) is 17.5. The molecule has 8 heteroatoms. The topological polar surface area (TPSA) is 88.6 Å². The van der Waals surface area contributed by atoms with Crippen LogP contribution in [0.1, 0.15) is 73.1 Å². The lowest BCUT2D eigenvalue weighted by Crippen LogP contribution is -2.23. The fraction of sp³-hybridized carbons (Fsp3) is 0.393. The molecule has 0 saturated heterocycles. The number of carbonyl (C=O) groups excluding carboxylic acids is 1. The Morgan fingerprint density at radius 1 is 1.08 bits per heavy atom. The average Bonchev–Trinajstić information content (AvgIpc) is 3.45. The summed E-state index contributed by atoms with van der Waals surface area (Å²) in [6.07, 6.45) is 0. The minimum absolute atomic E-state index is 0.0209. The van der Waals surface area contributed by atoms with Gasteiger partial charge in [-0.1, -0.05) is 0 Å². The fourth-order valence-corrected chi connectivity index (χ4v) is 4.61. The van der Waals surface area contributed by atoms with Gasteiger partial charge < -0.3 is 18.6 Å². The van der Waals surface area contributed by atoms with Crippen molar-refractivity contribution in [1.29, 1.82) is 0 Å². The van der Waals surface area contributed by atoms with E-state index in [9.17, 15) is 4.79 Å². The van der Waals surface area contributed by atoms with Crippen LogP contribution in [-0.2, 0) is 22.5 Å². The smallest absolute Gasteiger partial charge is 0.381 e. The van der Waals surface area contributed by atoms with E-state index in [0.717, 1.165) is 33.3 Å². The molecule has 0 unspecified atom stereocenters. The molecule has 36 heavy (non-hydrogen) atoms. The van der Waals surface area contributed by atoms with E-state index in [1.165, 1.54) is 6.07 Å². The van der Waals surface area contributed by atoms with Crippen molar-refractivity contribution in [2.75, 3.05) is 0 Å². The summed E-state index contributed by atoms with van der Waals surface area (Å²) in [6, 6.07) is 8.90. The van der Waals surface area contributed by atoms with Gasteiger partial charge in [-0.25, -0.2) is 9.48 Å². The second kappa shape index (κ2) is 8.20. The van der Waals surface area contributed by atoms with Crippen LogP contribution in [-0.4, -0.2) is 20.7 Å². The predicted molar refractivity (Wildman–Crippen MR) is 135 cm³/mol. The van der Waals surface area contributed by atoms with E-state index < -0.39 is 5.97 Å². The van der Waals surface area contributed by atoms with Crippen molar-refractivity contribution in [2.45, 2.75) is 73.1 Å². The number of hydrogen-bond acceptors (Lipinski definition) is 7. The number of furan rings is 1. The number of aromatic nitrogens is 3. The van der Waals surface area contributed by atoms with Crippen LogP contribution in [0.15, 0.2) is 34.7 Å². The number of nitrogens with zero attached hydrogens (tertiary/aromatic N) is 3.